The van der Waals surface area contributed by atoms with Crippen LogP contribution >= 0.6 is 0 Å². The van der Waals surface area contributed by atoms with Crippen LogP contribution in [0.1, 0.15) is 16.1 Å². The van der Waals surface area contributed by atoms with Crippen LogP contribution in [-0.4, -0.2) is 27.1 Å². The number of hydrogen-bond acceptors (Lipinski definition) is 5. The maximum absolute atomic E-state index is 11.9. The van der Waals surface area contributed by atoms with E-state index in [9.17, 15) is 9.59 Å². The second kappa shape index (κ2) is 8.43. The predicted octanol–water partition coefficient (Wildman–Crippen LogP) is 3.29. The molecule has 2 heterocycles. The molecule has 0 bridgehead atoms. The molecule has 1 aromatic carbocycles. The number of hydrogen-bond donors (Lipinski definition) is 3. The van der Waals surface area contributed by atoms with Gasteiger partial charge in [0.2, 0.25) is 0 Å². The molecule has 3 aromatic rings. The molecule has 0 aliphatic carbocycles. The van der Waals surface area contributed by atoms with E-state index in [4.69, 9.17) is 9.84 Å². The van der Waals surface area contributed by atoms with Gasteiger partial charge in [0.1, 0.15) is 11.5 Å². The van der Waals surface area contributed by atoms with Crippen molar-refractivity contribution in [2.24, 2.45) is 0 Å². The number of ether oxygens (including phenoxy) is 1. The molecule has 0 aliphatic heterocycles. The molecule has 136 valence electrons. The number of nitrogens with zero attached hydrogens (tertiary/aromatic N) is 2. The summed E-state index contributed by atoms with van der Waals surface area (Å²) in [6.07, 6.45) is 4.56. The summed E-state index contributed by atoms with van der Waals surface area (Å²) in [4.78, 5) is 30.4. The van der Waals surface area contributed by atoms with E-state index in [1.165, 1.54) is 12.3 Å². The number of amides is 2. The van der Waals surface area contributed by atoms with Crippen molar-refractivity contribution in [3.8, 4) is 11.5 Å². The largest absolute Gasteiger partial charge is 0.477 e. The van der Waals surface area contributed by atoms with Crippen molar-refractivity contribution in [3.05, 3.63) is 78.4 Å². The molecule has 8 nitrogen and oxygen atoms in total. The van der Waals surface area contributed by atoms with Crippen molar-refractivity contribution < 1.29 is 19.4 Å². The third-order valence-corrected chi connectivity index (χ3v) is 3.48. The lowest BCUT2D eigenvalue weighted by molar-refractivity contribution is 0.0690. The van der Waals surface area contributed by atoms with Gasteiger partial charge >= 0.3 is 12.0 Å². The standard InChI is InChI=1S/C19H16N4O4/c24-18(25)17-10-16(7-9-21-17)27-15-5-3-13(4-6-15)11-22-19(26)23-14-2-1-8-20-12-14/h1-10,12H,11H2,(H,24,25)(H2,22,23,26). The van der Waals surface area contributed by atoms with Crippen LogP contribution in [0.2, 0.25) is 0 Å². The molecule has 3 N–H and O–H groups in total. The van der Waals surface area contributed by atoms with Gasteiger partial charge < -0.3 is 20.5 Å². The Morgan fingerprint density at radius 1 is 1.04 bits per heavy atom. The Morgan fingerprint density at radius 2 is 1.85 bits per heavy atom. The molecule has 0 saturated carbocycles. The van der Waals surface area contributed by atoms with E-state index >= 15 is 0 Å². The van der Waals surface area contributed by atoms with Crippen LogP contribution < -0.4 is 15.4 Å². The zero-order valence-corrected chi connectivity index (χ0v) is 14.1. The summed E-state index contributed by atoms with van der Waals surface area (Å²) in [5.41, 5.74) is 1.40. The average molecular weight is 364 g/mol. The number of rotatable bonds is 6. The van der Waals surface area contributed by atoms with E-state index in [0.29, 0.717) is 23.7 Å². The number of urea groups is 1. The smallest absolute Gasteiger partial charge is 0.354 e. The number of anilines is 1. The van der Waals surface area contributed by atoms with Crippen molar-refractivity contribution in [2.45, 2.75) is 6.54 Å². The molecule has 3 rings (SSSR count). The Labute approximate surface area is 154 Å². The van der Waals surface area contributed by atoms with Gasteiger partial charge in [0.15, 0.2) is 5.69 Å². The number of benzene rings is 1. The number of carboxylic acids is 1. The number of pyridine rings is 2. The number of nitrogens with one attached hydrogen (secondary N) is 2. The first-order valence-corrected chi connectivity index (χ1v) is 8.01. The monoisotopic (exact) mass is 364 g/mol. The van der Waals surface area contributed by atoms with Gasteiger partial charge in [-0.15, -0.1) is 0 Å². The van der Waals surface area contributed by atoms with Gasteiger partial charge in [0.05, 0.1) is 11.9 Å². The SMILES string of the molecule is O=C(NCc1ccc(Oc2ccnc(C(=O)O)c2)cc1)Nc1cccnc1. The maximum Gasteiger partial charge on any atom is 0.354 e. The first-order valence-electron chi connectivity index (χ1n) is 8.01. The van der Waals surface area contributed by atoms with Gasteiger partial charge in [-0.2, -0.15) is 0 Å². The molecular weight excluding hydrogens is 348 g/mol. The average Bonchev–Trinajstić information content (AvgIpc) is 2.68. The van der Waals surface area contributed by atoms with Crippen molar-refractivity contribution in [3.63, 3.8) is 0 Å². The molecule has 8 heteroatoms. The van der Waals surface area contributed by atoms with Crippen molar-refractivity contribution in [1.82, 2.24) is 15.3 Å². The highest BCUT2D eigenvalue weighted by Gasteiger charge is 2.07. The quantitative estimate of drug-likeness (QED) is 0.618. The van der Waals surface area contributed by atoms with E-state index in [-0.39, 0.29) is 11.7 Å². The van der Waals surface area contributed by atoms with Gasteiger partial charge in [-0.05, 0) is 35.9 Å². The molecule has 27 heavy (non-hydrogen) atoms. The van der Waals surface area contributed by atoms with E-state index in [1.54, 1.807) is 54.9 Å². The lowest BCUT2D eigenvalue weighted by atomic mass is 10.2. The van der Waals surface area contributed by atoms with Crippen LogP contribution in [0.3, 0.4) is 0 Å². The van der Waals surface area contributed by atoms with Gasteiger partial charge in [-0.1, -0.05) is 12.1 Å². The summed E-state index contributed by atoms with van der Waals surface area (Å²) < 4.78 is 5.62. The van der Waals surface area contributed by atoms with Crippen LogP contribution in [0.15, 0.2) is 67.1 Å². The van der Waals surface area contributed by atoms with Crippen LogP contribution in [0.25, 0.3) is 0 Å². The Balaban J connectivity index is 1.53. The van der Waals surface area contributed by atoms with Crippen molar-refractivity contribution in [1.29, 1.82) is 0 Å². The third kappa shape index (κ3) is 5.27. The number of aromatic nitrogens is 2. The highest BCUT2D eigenvalue weighted by atomic mass is 16.5. The molecule has 0 aliphatic rings. The maximum atomic E-state index is 11.9. The Kier molecular flexibility index (Phi) is 5.58. The first kappa shape index (κ1) is 17.9. The molecule has 0 atom stereocenters. The molecule has 0 unspecified atom stereocenters. The van der Waals surface area contributed by atoms with Crippen LogP contribution in [0.5, 0.6) is 11.5 Å². The predicted molar refractivity (Wildman–Crippen MR) is 97.8 cm³/mol. The number of carbonyl (C=O) groups excluding carboxylic acids is 1. The summed E-state index contributed by atoms with van der Waals surface area (Å²) in [5.74, 6) is -0.198. The van der Waals surface area contributed by atoms with Crippen LogP contribution in [-0.2, 0) is 6.54 Å². The molecule has 0 radical (unpaired) electrons. The second-order valence-corrected chi connectivity index (χ2v) is 5.48. The minimum Gasteiger partial charge on any atom is -0.477 e. The first-order chi connectivity index (χ1) is 13.1. The van der Waals surface area contributed by atoms with Crippen LogP contribution in [0.4, 0.5) is 10.5 Å². The van der Waals surface area contributed by atoms with Crippen molar-refractivity contribution in [2.75, 3.05) is 5.32 Å². The van der Waals surface area contributed by atoms with Gasteiger partial charge in [0, 0.05) is 25.0 Å². The van der Waals surface area contributed by atoms with Gasteiger partial charge in [-0.25, -0.2) is 14.6 Å². The number of carboxylic acid groups (broad SMARTS) is 1. The highest BCUT2D eigenvalue weighted by Crippen LogP contribution is 2.22. The summed E-state index contributed by atoms with van der Waals surface area (Å²) in [7, 11) is 0. The number of carbonyl (C=O) groups is 2. The summed E-state index contributed by atoms with van der Waals surface area (Å²) in [6, 6.07) is 13.1. The normalized spacial score (nSPS) is 10.1. The molecule has 0 saturated heterocycles. The molecule has 0 spiro atoms. The topological polar surface area (TPSA) is 113 Å². The summed E-state index contributed by atoms with van der Waals surface area (Å²) in [6.45, 7) is 0.338. The summed E-state index contributed by atoms with van der Waals surface area (Å²) >= 11 is 0. The van der Waals surface area contributed by atoms with Gasteiger partial charge in [-0.3, -0.25) is 4.98 Å². The van der Waals surface area contributed by atoms with Crippen LogP contribution in [0, 0.1) is 0 Å². The zero-order chi connectivity index (χ0) is 19.1. The molecular formula is C19H16N4O4. The fourth-order valence-electron chi connectivity index (χ4n) is 2.20. The molecule has 2 aromatic heterocycles. The molecule has 2 amide bonds. The van der Waals surface area contributed by atoms with E-state index in [2.05, 4.69) is 20.6 Å². The van der Waals surface area contributed by atoms with E-state index in [0.717, 1.165) is 5.56 Å². The van der Waals surface area contributed by atoms with Crippen molar-refractivity contribution >= 4 is 17.7 Å². The summed E-state index contributed by atoms with van der Waals surface area (Å²) in [5, 5.41) is 14.4. The van der Waals surface area contributed by atoms with Gasteiger partial charge in [0.25, 0.3) is 0 Å². The molecule has 0 fully saturated rings. The minimum absolute atomic E-state index is 0.0899. The van der Waals surface area contributed by atoms with E-state index < -0.39 is 5.97 Å². The second-order valence-electron chi connectivity index (χ2n) is 5.48. The lowest BCUT2D eigenvalue weighted by Crippen LogP contribution is -2.28. The zero-order valence-electron chi connectivity index (χ0n) is 14.1. The fourth-order valence-corrected chi connectivity index (χ4v) is 2.20. The Morgan fingerprint density at radius 3 is 2.56 bits per heavy atom. The Bertz CT molecular complexity index is 930. The number of aromatic carboxylic acids is 1. The van der Waals surface area contributed by atoms with E-state index in [1.807, 2.05) is 0 Å². The Hall–Kier alpha value is -3.94. The lowest BCUT2D eigenvalue weighted by Gasteiger charge is -2.09. The third-order valence-electron chi connectivity index (χ3n) is 3.48. The fraction of sp³-hybridized carbons (Fsp3) is 0.0526. The highest BCUT2D eigenvalue weighted by molar-refractivity contribution is 5.88. The minimum atomic E-state index is -1.12.